The second-order valence-electron chi connectivity index (χ2n) is 7.59. The van der Waals surface area contributed by atoms with E-state index in [2.05, 4.69) is 9.69 Å². The predicted molar refractivity (Wildman–Crippen MR) is 110 cm³/mol. The van der Waals surface area contributed by atoms with E-state index in [9.17, 15) is 23.9 Å². The first-order valence-corrected chi connectivity index (χ1v) is 11.0. The predicted octanol–water partition coefficient (Wildman–Crippen LogP) is -1.17. The van der Waals surface area contributed by atoms with Gasteiger partial charge in [0.05, 0.1) is 28.2 Å². The molecular weight excluding hydrogens is 476 g/mol. The maximum Gasteiger partial charge on any atom is 1.00 e. The number of nitrogens with zero attached hydrogens (tertiary/aromatic N) is 2. The van der Waals surface area contributed by atoms with E-state index in [4.69, 9.17) is 11.6 Å². The summed E-state index contributed by atoms with van der Waals surface area (Å²) in [4.78, 5) is 38.9. The van der Waals surface area contributed by atoms with E-state index < -0.39 is 45.8 Å². The fourth-order valence-corrected chi connectivity index (χ4v) is 6.44. The Labute approximate surface area is 213 Å². The second-order valence-corrected chi connectivity index (χ2v) is 10.7. The van der Waals surface area contributed by atoms with Crippen LogP contribution in [0.15, 0.2) is 18.2 Å². The molecule has 0 spiro atoms. The zero-order chi connectivity index (χ0) is 22.0. The Balaban J connectivity index is 0.00000272. The number of hydrogen-bond acceptors (Lipinski definition) is 7. The van der Waals surface area contributed by atoms with Crippen molar-refractivity contribution < 1.29 is 53.4 Å². The van der Waals surface area contributed by atoms with Gasteiger partial charge in [-0.05, 0) is 44.4 Å². The first-order valence-electron chi connectivity index (χ1n) is 8.97. The number of benzene rings is 1. The third kappa shape index (κ3) is 3.91. The van der Waals surface area contributed by atoms with Crippen molar-refractivity contribution in [1.82, 2.24) is 14.6 Å². The van der Waals surface area contributed by atoms with Crippen molar-refractivity contribution in [3.8, 4) is 11.3 Å². The number of thioether (sulfide) groups is 1. The van der Waals surface area contributed by atoms with Crippen molar-refractivity contribution in [2.45, 2.75) is 43.0 Å². The van der Waals surface area contributed by atoms with Crippen molar-refractivity contribution in [2.24, 2.45) is 0 Å². The maximum absolute atomic E-state index is 14.4. The van der Waals surface area contributed by atoms with Gasteiger partial charge in [-0.3, -0.25) is 9.59 Å². The van der Waals surface area contributed by atoms with Crippen LogP contribution in [0.4, 0.5) is 4.39 Å². The van der Waals surface area contributed by atoms with Crippen molar-refractivity contribution in [3.05, 3.63) is 39.5 Å². The largest absolute Gasteiger partial charge is 1.00 e. The molecule has 0 bridgehead atoms. The van der Waals surface area contributed by atoms with Gasteiger partial charge in [-0.1, -0.05) is 17.7 Å². The van der Waals surface area contributed by atoms with Crippen LogP contribution < -0.4 is 40.0 Å². The topological polar surface area (TPSA) is 102 Å². The van der Waals surface area contributed by atoms with E-state index in [1.54, 1.807) is 20.8 Å². The molecule has 12 heteroatoms. The van der Waals surface area contributed by atoms with Gasteiger partial charge < -0.3 is 20.1 Å². The average molecular weight is 492 g/mol. The number of nitrogens with one attached hydrogen (secondary N) is 1. The number of carbonyl (C=O) groups excluding carboxylic acids is 3. The third-order valence-corrected chi connectivity index (χ3v) is 7.88. The van der Waals surface area contributed by atoms with E-state index in [1.165, 1.54) is 34.9 Å². The van der Waals surface area contributed by atoms with Crippen molar-refractivity contribution >= 4 is 52.7 Å². The van der Waals surface area contributed by atoms with Gasteiger partial charge in [-0.2, -0.15) is 4.37 Å². The number of β-lactam (4-membered cyclic amide) rings is 1. The third-order valence-electron chi connectivity index (χ3n) is 5.24. The number of rotatable bonds is 4. The number of amides is 2. The molecule has 2 aliphatic heterocycles. The van der Waals surface area contributed by atoms with E-state index in [-0.39, 0.29) is 51.4 Å². The molecule has 31 heavy (non-hydrogen) atoms. The van der Waals surface area contributed by atoms with Crippen molar-refractivity contribution in [1.29, 1.82) is 0 Å². The fourth-order valence-electron chi connectivity index (χ4n) is 3.87. The van der Waals surface area contributed by atoms with Crippen LogP contribution in [0.3, 0.4) is 0 Å². The van der Waals surface area contributed by atoms with Crippen LogP contribution in [0.25, 0.3) is 11.3 Å². The number of aryl methyl sites for hydroxylation is 1. The minimum absolute atomic E-state index is 0. The van der Waals surface area contributed by atoms with E-state index in [0.717, 1.165) is 11.5 Å². The SMILES string of the molecule is Cc1snc(-c2c(F)cccc2Cl)c1C(=O)NC1C(=O)N2C1SC(C)(C)C2C(=O)[O-].[Na+]. The molecular formula is C19H16ClFN3NaO4S2. The number of aliphatic carboxylic acids is 1. The molecule has 2 fully saturated rings. The molecule has 2 aliphatic rings. The number of aromatic nitrogens is 1. The molecule has 3 heterocycles. The Morgan fingerprint density at radius 2 is 2.03 bits per heavy atom. The molecule has 158 valence electrons. The monoisotopic (exact) mass is 491 g/mol. The minimum atomic E-state index is -1.33. The Morgan fingerprint density at radius 1 is 1.35 bits per heavy atom. The first-order chi connectivity index (χ1) is 14.0. The zero-order valence-corrected chi connectivity index (χ0v) is 21.5. The molecule has 2 aromatic rings. The summed E-state index contributed by atoms with van der Waals surface area (Å²) in [6, 6.07) is 2.21. The van der Waals surface area contributed by atoms with E-state index in [1.807, 2.05) is 0 Å². The van der Waals surface area contributed by atoms with Crippen molar-refractivity contribution in [3.63, 3.8) is 0 Å². The van der Waals surface area contributed by atoms with Gasteiger partial charge in [0.25, 0.3) is 5.91 Å². The molecule has 0 radical (unpaired) electrons. The summed E-state index contributed by atoms with van der Waals surface area (Å²) in [7, 11) is 0. The summed E-state index contributed by atoms with van der Waals surface area (Å²) in [6.45, 7) is 5.10. The molecule has 1 N–H and O–H groups in total. The van der Waals surface area contributed by atoms with Crippen LogP contribution in [0.1, 0.15) is 29.1 Å². The van der Waals surface area contributed by atoms with Crippen LogP contribution >= 0.6 is 34.9 Å². The Bertz CT molecular complexity index is 1080. The molecule has 0 aliphatic carbocycles. The number of carboxylic acids is 1. The van der Waals surface area contributed by atoms with Gasteiger partial charge >= 0.3 is 29.6 Å². The summed E-state index contributed by atoms with van der Waals surface area (Å²) >= 11 is 8.45. The summed E-state index contributed by atoms with van der Waals surface area (Å²) in [5, 5.41) is 13.8. The number of fused-ring (bicyclic) bond motifs is 1. The number of carboxylic acid groups (broad SMARTS) is 1. The summed E-state index contributed by atoms with van der Waals surface area (Å²) in [5.74, 6) is -3.03. The molecule has 1 aromatic heterocycles. The Morgan fingerprint density at radius 3 is 2.65 bits per heavy atom. The fraction of sp³-hybridized carbons (Fsp3) is 0.368. The minimum Gasteiger partial charge on any atom is -0.548 e. The smallest absolute Gasteiger partial charge is 0.548 e. The van der Waals surface area contributed by atoms with Gasteiger partial charge in [0.2, 0.25) is 5.91 Å². The van der Waals surface area contributed by atoms with E-state index in [0.29, 0.717) is 4.88 Å². The van der Waals surface area contributed by atoms with Crippen LogP contribution in [-0.4, -0.2) is 49.3 Å². The summed E-state index contributed by atoms with van der Waals surface area (Å²) in [6.07, 6.45) is 0. The van der Waals surface area contributed by atoms with Gasteiger partial charge in [0.1, 0.15) is 22.9 Å². The summed E-state index contributed by atoms with van der Waals surface area (Å²) in [5.41, 5.74) is 0.259. The number of halogens is 2. The van der Waals surface area contributed by atoms with E-state index >= 15 is 0 Å². The zero-order valence-electron chi connectivity index (χ0n) is 17.1. The van der Waals surface area contributed by atoms with Crippen molar-refractivity contribution in [2.75, 3.05) is 0 Å². The molecule has 1 aromatic carbocycles. The van der Waals surface area contributed by atoms with Crippen LogP contribution in [0.5, 0.6) is 0 Å². The molecule has 3 unspecified atom stereocenters. The molecule has 3 atom stereocenters. The quantitative estimate of drug-likeness (QED) is 0.427. The number of carbonyl (C=O) groups is 3. The molecule has 2 amide bonds. The first kappa shape index (κ1) is 24.5. The molecule has 4 rings (SSSR count). The Kier molecular flexibility index (Phi) is 6.82. The van der Waals surface area contributed by atoms with Gasteiger partial charge in [-0.15, -0.1) is 11.8 Å². The van der Waals surface area contributed by atoms with Gasteiger partial charge in [0, 0.05) is 9.62 Å². The second kappa shape index (κ2) is 8.64. The molecule has 0 saturated carbocycles. The Hall–Kier alpha value is -1.17. The van der Waals surface area contributed by atoms with Crippen LogP contribution in [0, 0.1) is 12.7 Å². The molecule has 2 saturated heterocycles. The maximum atomic E-state index is 14.4. The normalized spacial score (nSPS) is 23.6. The average Bonchev–Trinajstić information content (AvgIpc) is 3.14. The standard InChI is InChI=1S/C19H17ClFN3O4S2.Na/c1-7-10(12(23-30-7)11-8(20)5-4-6-9(11)21)15(25)22-13-16(26)24-14(18(27)28)19(2,3)29-17(13)24;/h4-6,13-14,17H,1-3H3,(H,22,25)(H,27,28);/q;+1/p-1. The molecule has 7 nitrogen and oxygen atoms in total. The van der Waals surface area contributed by atoms with Crippen LogP contribution in [0.2, 0.25) is 5.02 Å². The van der Waals surface area contributed by atoms with Crippen LogP contribution in [-0.2, 0) is 9.59 Å². The van der Waals surface area contributed by atoms with Gasteiger partial charge in [-0.25, -0.2) is 4.39 Å². The summed E-state index contributed by atoms with van der Waals surface area (Å²) < 4.78 is 17.8. The number of hydrogen-bond donors (Lipinski definition) is 1. The van der Waals surface area contributed by atoms with Gasteiger partial charge in [0.15, 0.2) is 0 Å².